The molecule has 3 rings (SSSR count). The van der Waals surface area contributed by atoms with Crippen molar-refractivity contribution in [3.05, 3.63) is 87.2 Å². The van der Waals surface area contributed by atoms with Crippen LogP contribution < -0.4 is 16.0 Å². The van der Waals surface area contributed by atoms with Crippen LogP contribution in [0.2, 0.25) is 0 Å². The van der Waals surface area contributed by atoms with E-state index in [9.17, 15) is 31.9 Å². The van der Waals surface area contributed by atoms with Crippen LogP contribution in [0.4, 0.5) is 23.4 Å². The van der Waals surface area contributed by atoms with Gasteiger partial charge in [-0.3, -0.25) is 19.0 Å². The SMILES string of the molecule is CC(C)(C)OC(=O)CCCCOc1cc(F)c(-n2c(N)c(C(=O)c3ccc(F)cc3F)ccc2=O)c(F)c1. The molecule has 0 unspecified atom stereocenters. The minimum absolute atomic E-state index is 0.0519. The first-order chi connectivity index (χ1) is 17.8. The smallest absolute Gasteiger partial charge is 0.306 e. The number of unbranched alkanes of at least 4 members (excludes halogenated alkanes) is 1. The molecular formula is C27H26F4N2O5. The summed E-state index contributed by atoms with van der Waals surface area (Å²) < 4.78 is 68.3. The van der Waals surface area contributed by atoms with Gasteiger partial charge >= 0.3 is 5.97 Å². The number of halogens is 4. The Morgan fingerprint density at radius 3 is 2.13 bits per heavy atom. The number of hydrogen-bond acceptors (Lipinski definition) is 6. The highest BCUT2D eigenvalue weighted by atomic mass is 19.1. The summed E-state index contributed by atoms with van der Waals surface area (Å²) in [5.74, 6) is -6.69. The van der Waals surface area contributed by atoms with Crippen LogP contribution in [0.1, 0.15) is 56.0 Å². The van der Waals surface area contributed by atoms with Gasteiger partial charge in [0.2, 0.25) is 0 Å². The number of nitrogen functional groups attached to an aromatic ring is 1. The number of rotatable bonds is 9. The predicted molar refractivity (Wildman–Crippen MR) is 131 cm³/mol. The number of ether oxygens (including phenoxy) is 2. The van der Waals surface area contributed by atoms with Crippen molar-refractivity contribution >= 4 is 17.6 Å². The maximum Gasteiger partial charge on any atom is 0.306 e. The number of benzene rings is 2. The highest BCUT2D eigenvalue weighted by Crippen LogP contribution is 2.27. The van der Waals surface area contributed by atoms with Crippen molar-refractivity contribution in [1.29, 1.82) is 0 Å². The lowest BCUT2D eigenvalue weighted by Gasteiger charge is -2.19. The van der Waals surface area contributed by atoms with E-state index in [0.29, 0.717) is 23.5 Å². The van der Waals surface area contributed by atoms with Gasteiger partial charge in [0.15, 0.2) is 17.4 Å². The Morgan fingerprint density at radius 1 is 0.895 bits per heavy atom. The Hall–Kier alpha value is -4.15. The van der Waals surface area contributed by atoms with E-state index in [4.69, 9.17) is 15.2 Å². The Bertz CT molecular complexity index is 1410. The van der Waals surface area contributed by atoms with E-state index < -0.39 is 62.8 Å². The molecule has 0 bridgehead atoms. The molecular weight excluding hydrogens is 508 g/mol. The summed E-state index contributed by atoms with van der Waals surface area (Å²) >= 11 is 0. The monoisotopic (exact) mass is 534 g/mol. The van der Waals surface area contributed by atoms with Crippen LogP contribution >= 0.6 is 0 Å². The minimum Gasteiger partial charge on any atom is -0.493 e. The number of carbonyl (C=O) groups excluding carboxylic acids is 2. The highest BCUT2D eigenvalue weighted by molar-refractivity contribution is 6.11. The average molecular weight is 535 g/mol. The number of anilines is 1. The Labute approximate surface area is 215 Å². The molecule has 0 atom stereocenters. The number of carbonyl (C=O) groups is 2. The molecule has 202 valence electrons. The van der Waals surface area contributed by atoms with Gasteiger partial charge in [-0.05, 0) is 51.8 Å². The van der Waals surface area contributed by atoms with E-state index >= 15 is 0 Å². The Morgan fingerprint density at radius 2 is 1.53 bits per heavy atom. The van der Waals surface area contributed by atoms with Crippen LogP contribution in [0.15, 0.2) is 47.3 Å². The van der Waals surface area contributed by atoms with Crippen molar-refractivity contribution in [2.45, 2.75) is 45.6 Å². The quantitative estimate of drug-likeness (QED) is 0.178. The van der Waals surface area contributed by atoms with Gasteiger partial charge in [-0.2, -0.15) is 0 Å². The molecule has 0 amide bonds. The van der Waals surface area contributed by atoms with Crippen molar-refractivity contribution in [3.63, 3.8) is 0 Å². The normalized spacial score (nSPS) is 11.3. The van der Waals surface area contributed by atoms with Crippen molar-refractivity contribution in [2.75, 3.05) is 12.3 Å². The molecule has 1 aromatic heterocycles. The van der Waals surface area contributed by atoms with Crippen LogP contribution in [-0.4, -0.2) is 28.5 Å². The topological polar surface area (TPSA) is 101 Å². The fourth-order valence-corrected chi connectivity index (χ4v) is 3.59. The van der Waals surface area contributed by atoms with Gasteiger partial charge < -0.3 is 15.2 Å². The van der Waals surface area contributed by atoms with E-state index in [1.54, 1.807) is 20.8 Å². The van der Waals surface area contributed by atoms with Crippen LogP contribution in [0.3, 0.4) is 0 Å². The number of ketones is 1. The van der Waals surface area contributed by atoms with E-state index in [-0.39, 0.29) is 24.7 Å². The summed E-state index contributed by atoms with van der Waals surface area (Å²) in [5, 5.41) is 0. The summed E-state index contributed by atoms with van der Waals surface area (Å²) in [6.07, 6.45) is 0.988. The molecule has 0 aliphatic carbocycles. The van der Waals surface area contributed by atoms with Crippen LogP contribution in [0.25, 0.3) is 5.69 Å². The van der Waals surface area contributed by atoms with Crippen LogP contribution in [-0.2, 0) is 9.53 Å². The molecule has 11 heteroatoms. The highest BCUT2D eigenvalue weighted by Gasteiger charge is 2.23. The third-order valence-corrected chi connectivity index (χ3v) is 5.23. The zero-order valence-electron chi connectivity index (χ0n) is 20.9. The van der Waals surface area contributed by atoms with Crippen molar-refractivity contribution in [3.8, 4) is 11.4 Å². The largest absolute Gasteiger partial charge is 0.493 e. The van der Waals surface area contributed by atoms with Gasteiger partial charge in [-0.15, -0.1) is 0 Å². The molecule has 0 fully saturated rings. The van der Waals surface area contributed by atoms with Crippen molar-refractivity contribution in [1.82, 2.24) is 4.57 Å². The summed E-state index contributed by atoms with van der Waals surface area (Å²) in [6.45, 7) is 5.31. The Kier molecular flexibility index (Phi) is 8.60. The number of pyridine rings is 1. The van der Waals surface area contributed by atoms with Gasteiger partial charge in [0.1, 0.15) is 34.5 Å². The third kappa shape index (κ3) is 6.78. The third-order valence-electron chi connectivity index (χ3n) is 5.23. The predicted octanol–water partition coefficient (Wildman–Crippen LogP) is 5.10. The molecule has 1 heterocycles. The first kappa shape index (κ1) is 28.4. The number of aromatic nitrogens is 1. The molecule has 0 aliphatic rings. The maximum atomic E-state index is 15.0. The number of nitrogens with two attached hydrogens (primary N) is 1. The zero-order valence-corrected chi connectivity index (χ0v) is 20.9. The lowest BCUT2D eigenvalue weighted by molar-refractivity contribution is -0.154. The summed E-state index contributed by atoms with van der Waals surface area (Å²) in [7, 11) is 0. The summed E-state index contributed by atoms with van der Waals surface area (Å²) in [6, 6.07) is 5.76. The second-order valence-corrected chi connectivity index (χ2v) is 9.39. The number of nitrogens with zero attached hydrogens (tertiary/aromatic N) is 1. The maximum absolute atomic E-state index is 15.0. The molecule has 0 saturated carbocycles. The second-order valence-electron chi connectivity index (χ2n) is 9.39. The molecule has 0 spiro atoms. The standard InChI is InChI=1S/C27H26F4N2O5/c1-27(2,3)38-23(35)6-4-5-11-37-16-13-20(30)24(21(31)14-16)33-22(34)10-9-18(26(33)32)25(36)17-8-7-15(28)12-19(17)29/h7-10,12-14H,4-6,11,32H2,1-3H3. The molecule has 0 saturated heterocycles. The molecule has 2 N–H and O–H groups in total. The minimum atomic E-state index is -1.21. The molecule has 0 aliphatic heterocycles. The summed E-state index contributed by atoms with van der Waals surface area (Å²) in [4.78, 5) is 37.0. The van der Waals surface area contributed by atoms with Crippen molar-refractivity contribution < 1.29 is 36.6 Å². The summed E-state index contributed by atoms with van der Waals surface area (Å²) in [5.41, 5.74) is 2.56. The van der Waals surface area contributed by atoms with Gasteiger partial charge in [-0.25, -0.2) is 17.6 Å². The second kappa shape index (κ2) is 11.5. The van der Waals surface area contributed by atoms with E-state index in [1.807, 2.05) is 0 Å². The fourth-order valence-electron chi connectivity index (χ4n) is 3.59. The van der Waals surface area contributed by atoms with Gasteiger partial charge in [0, 0.05) is 30.7 Å². The molecule has 38 heavy (non-hydrogen) atoms. The van der Waals surface area contributed by atoms with Crippen LogP contribution in [0, 0.1) is 23.3 Å². The van der Waals surface area contributed by atoms with Crippen LogP contribution in [0.5, 0.6) is 5.75 Å². The van der Waals surface area contributed by atoms with E-state index in [1.165, 1.54) is 0 Å². The van der Waals surface area contributed by atoms with E-state index in [0.717, 1.165) is 36.4 Å². The molecule has 0 radical (unpaired) electrons. The van der Waals surface area contributed by atoms with Gasteiger partial charge in [0.25, 0.3) is 5.56 Å². The lowest BCUT2D eigenvalue weighted by Crippen LogP contribution is -2.25. The number of hydrogen-bond donors (Lipinski definition) is 1. The molecule has 7 nitrogen and oxygen atoms in total. The fraction of sp³-hybridized carbons (Fsp3) is 0.296. The van der Waals surface area contributed by atoms with Crippen molar-refractivity contribution in [2.24, 2.45) is 0 Å². The first-order valence-electron chi connectivity index (χ1n) is 11.6. The molecule has 2 aromatic carbocycles. The van der Waals surface area contributed by atoms with Gasteiger partial charge in [0.05, 0.1) is 17.7 Å². The number of esters is 1. The first-order valence-corrected chi connectivity index (χ1v) is 11.6. The molecule has 3 aromatic rings. The van der Waals surface area contributed by atoms with Gasteiger partial charge in [-0.1, -0.05) is 0 Å². The lowest BCUT2D eigenvalue weighted by atomic mass is 10.0. The zero-order chi connectivity index (χ0) is 28.2. The Balaban J connectivity index is 1.79. The average Bonchev–Trinajstić information content (AvgIpc) is 2.79. The van der Waals surface area contributed by atoms with E-state index in [2.05, 4.69) is 0 Å².